The highest BCUT2D eigenvalue weighted by Gasteiger charge is 2.02. The lowest BCUT2D eigenvalue weighted by Gasteiger charge is -2.11. The maximum atomic E-state index is 5.95. The highest BCUT2D eigenvalue weighted by molar-refractivity contribution is 5.85. The van der Waals surface area contributed by atoms with Crippen molar-refractivity contribution < 1.29 is 4.74 Å². The zero-order valence-electron chi connectivity index (χ0n) is 15.0. The SMILES string of the molecule is CN(C)CCc1cccc(OCc2ccc3ccc(N)nc3c2)c1.Cl.Cl. The van der Waals surface area contributed by atoms with Crippen molar-refractivity contribution in [3.63, 3.8) is 0 Å². The molecule has 1 heterocycles. The van der Waals surface area contributed by atoms with Crippen LogP contribution in [-0.2, 0) is 13.0 Å². The summed E-state index contributed by atoms with van der Waals surface area (Å²) in [5.74, 6) is 1.43. The molecule has 0 aliphatic rings. The summed E-state index contributed by atoms with van der Waals surface area (Å²) in [6.45, 7) is 1.55. The predicted molar refractivity (Wildman–Crippen MR) is 114 cm³/mol. The Morgan fingerprint density at radius 3 is 2.50 bits per heavy atom. The van der Waals surface area contributed by atoms with Gasteiger partial charge in [-0.15, -0.1) is 24.8 Å². The first kappa shape index (κ1) is 22.0. The highest BCUT2D eigenvalue weighted by Crippen LogP contribution is 2.19. The number of nitrogens with zero attached hydrogens (tertiary/aromatic N) is 2. The predicted octanol–water partition coefficient (Wildman–Crippen LogP) is 4.34. The van der Waals surface area contributed by atoms with E-state index >= 15 is 0 Å². The van der Waals surface area contributed by atoms with Gasteiger partial charge >= 0.3 is 0 Å². The Balaban J connectivity index is 0.00000169. The van der Waals surface area contributed by atoms with Gasteiger partial charge in [0, 0.05) is 11.9 Å². The number of hydrogen-bond acceptors (Lipinski definition) is 4. The Hall–Kier alpha value is -2.01. The lowest BCUT2D eigenvalue weighted by atomic mass is 10.1. The standard InChI is InChI=1S/C20H23N3O.2ClH/c1-23(2)11-10-15-4-3-5-18(12-15)24-14-16-6-7-17-8-9-20(21)22-19(17)13-16;;/h3-9,12-13H,10-11,14H2,1-2H3,(H2,21,22);2*1H. The molecule has 140 valence electrons. The summed E-state index contributed by atoms with van der Waals surface area (Å²) in [5.41, 5.74) is 9.03. The zero-order valence-corrected chi connectivity index (χ0v) is 16.6. The number of nitrogen functional groups attached to an aromatic ring is 1. The number of halogens is 2. The maximum absolute atomic E-state index is 5.95. The van der Waals surface area contributed by atoms with Crippen molar-refractivity contribution in [2.24, 2.45) is 0 Å². The smallest absolute Gasteiger partial charge is 0.124 e. The summed E-state index contributed by atoms with van der Waals surface area (Å²) in [5, 5.41) is 1.08. The van der Waals surface area contributed by atoms with Gasteiger partial charge in [0.15, 0.2) is 0 Å². The Morgan fingerprint density at radius 1 is 0.962 bits per heavy atom. The summed E-state index contributed by atoms with van der Waals surface area (Å²) < 4.78 is 5.95. The van der Waals surface area contributed by atoms with Crippen LogP contribution in [0.4, 0.5) is 5.82 Å². The van der Waals surface area contributed by atoms with Crippen molar-refractivity contribution in [2.45, 2.75) is 13.0 Å². The Bertz CT molecular complexity index is 840. The molecular formula is C20H25Cl2N3O. The third-order valence-electron chi connectivity index (χ3n) is 3.93. The fraction of sp³-hybridized carbons (Fsp3) is 0.250. The van der Waals surface area contributed by atoms with Crippen LogP contribution in [0, 0.1) is 0 Å². The minimum absolute atomic E-state index is 0. The largest absolute Gasteiger partial charge is 0.489 e. The van der Waals surface area contributed by atoms with Crippen LogP contribution in [0.3, 0.4) is 0 Å². The maximum Gasteiger partial charge on any atom is 0.124 e. The molecule has 0 aliphatic heterocycles. The average molecular weight is 394 g/mol. The number of benzene rings is 2. The van der Waals surface area contributed by atoms with Gasteiger partial charge in [0.25, 0.3) is 0 Å². The van der Waals surface area contributed by atoms with Gasteiger partial charge in [0.2, 0.25) is 0 Å². The van der Waals surface area contributed by atoms with Crippen LogP contribution in [0.1, 0.15) is 11.1 Å². The molecule has 0 spiro atoms. The molecular weight excluding hydrogens is 369 g/mol. The number of fused-ring (bicyclic) bond motifs is 1. The number of ether oxygens (including phenoxy) is 1. The Labute approximate surface area is 167 Å². The topological polar surface area (TPSA) is 51.4 Å². The van der Waals surface area contributed by atoms with Gasteiger partial charge in [-0.2, -0.15) is 0 Å². The number of pyridine rings is 1. The zero-order chi connectivity index (χ0) is 16.9. The molecule has 0 radical (unpaired) electrons. The summed E-state index contributed by atoms with van der Waals surface area (Å²) in [7, 11) is 4.17. The van der Waals surface area contributed by atoms with E-state index in [1.807, 2.05) is 36.4 Å². The van der Waals surface area contributed by atoms with E-state index in [-0.39, 0.29) is 24.8 Å². The summed E-state index contributed by atoms with van der Waals surface area (Å²) in [6.07, 6.45) is 1.02. The number of rotatable bonds is 6. The first-order valence-corrected chi connectivity index (χ1v) is 8.12. The quantitative estimate of drug-likeness (QED) is 0.676. The monoisotopic (exact) mass is 393 g/mol. The van der Waals surface area contributed by atoms with E-state index in [2.05, 4.69) is 42.2 Å². The van der Waals surface area contributed by atoms with E-state index in [0.29, 0.717) is 12.4 Å². The van der Waals surface area contributed by atoms with Crippen LogP contribution >= 0.6 is 24.8 Å². The number of likely N-dealkylation sites (N-methyl/N-ethyl adjacent to an activating group) is 1. The number of anilines is 1. The van der Waals surface area contributed by atoms with Crippen LogP contribution in [0.5, 0.6) is 5.75 Å². The molecule has 1 aromatic heterocycles. The Morgan fingerprint density at radius 2 is 1.73 bits per heavy atom. The second-order valence-corrected chi connectivity index (χ2v) is 6.25. The molecule has 0 saturated carbocycles. The first-order valence-electron chi connectivity index (χ1n) is 8.12. The van der Waals surface area contributed by atoms with Crippen molar-refractivity contribution in [1.82, 2.24) is 9.88 Å². The van der Waals surface area contributed by atoms with Crippen molar-refractivity contribution in [2.75, 3.05) is 26.4 Å². The summed E-state index contributed by atoms with van der Waals surface area (Å²) >= 11 is 0. The summed E-state index contributed by atoms with van der Waals surface area (Å²) in [6, 6.07) is 18.2. The molecule has 6 heteroatoms. The molecule has 4 nitrogen and oxygen atoms in total. The summed E-state index contributed by atoms with van der Waals surface area (Å²) in [4.78, 5) is 6.55. The lowest BCUT2D eigenvalue weighted by molar-refractivity contribution is 0.306. The number of hydrogen-bond donors (Lipinski definition) is 1. The molecule has 2 N–H and O–H groups in total. The fourth-order valence-corrected chi connectivity index (χ4v) is 2.58. The minimum Gasteiger partial charge on any atom is -0.489 e. The van der Waals surface area contributed by atoms with Crippen LogP contribution in [0.25, 0.3) is 10.9 Å². The van der Waals surface area contributed by atoms with E-state index in [1.165, 1.54) is 5.56 Å². The van der Waals surface area contributed by atoms with Crippen LogP contribution in [0.15, 0.2) is 54.6 Å². The van der Waals surface area contributed by atoms with Gasteiger partial charge in [0.1, 0.15) is 18.2 Å². The van der Waals surface area contributed by atoms with Gasteiger partial charge < -0.3 is 15.4 Å². The fourth-order valence-electron chi connectivity index (χ4n) is 2.58. The van der Waals surface area contributed by atoms with E-state index < -0.39 is 0 Å². The molecule has 3 rings (SSSR count). The minimum atomic E-state index is 0. The van der Waals surface area contributed by atoms with Crippen molar-refractivity contribution in [3.8, 4) is 5.75 Å². The van der Waals surface area contributed by atoms with Gasteiger partial charge in [-0.25, -0.2) is 4.98 Å². The molecule has 0 fully saturated rings. The normalized spacial score (nSPS) is 10.3. The molecule has 0 saturated heterocycles. The molecule has 3 aromatic rings. The third kappa shape index (κ3) is 6.06. The van der Waals surface area contributed by atoms with Gasteiger partial charge in [-0.1, -0.05) is 24.3 Å². The molecule has 0 atom stereocenters. The molecule has 26 heavy (non-hydrogen) atoms. The van der Waals surface area contributed by atoms with Crippen molar-refractivity contribution in [1.29, 1.82) is 0 Å². The van der Waals surface area contributed by atoms with Crippen LogP contribution in [0.2, 0.25) is 0 Å². The number of nitrogens with two attached hydrogens (primary N) is 1. The molecule has 0 aliphatic carbocycles. The molecule has 0 unspecified atom stereocenters. The van der Waals surface area contributed by atoms with Crippen LogP contribution < -0.4 is 10.5 Å². The van der Waals surface area contributed by atoms with Gasteiger partial charge in [-0.3, -0.25) is 0 Å². The third-order valence-corrected chi connectivity index (χ3v) is 3.93. The first-order chi connectivity index (χ1) is 11.6. The van der Waals surface area contributed by atoms with E-state index in [4.69, 9.17) is 10.5 Å². The highest BCUT2D eigenvalue weighted by atomic mass is 35.5. The van der Waals surface area contributed by atoms with Crippen LogP contribution in [-0.4, -0.2) is 30.5 Å². The van der Waals surface area contributed by atoms with E-state index in [0.717, 1.165) is 35.2 Å². The molecule has 2 aromatic carbocycles. The van der Waals surface area contributed by atoms with E-state index in [1.54, 1.807) is 0 Å². The number of aromatic nitrogens is 1. The van der Waals surface area contributed by atoms with Gasteiger partial charge in [0.05, 0.1) is 5.52 Å². The Kier molecular flexibility index (Phi) is 8.66. The molecule has 0 bridgehead atoms. The van der Waals surface area contributed by atoms with Gasteiger partial charge in [-0.05, 0) is 62.0 Å². The van der Waals surface area contributed by atoms with E-state index in [9.17, 15) is 0 Å². The average Bonchev–Trinajstić information content (AvgIpc) is 2.58. The second kappa shape index (κ2) is 10.2. The lowest BCUT2D eigenvalue weighted by Crippen LogP contribution is -2.15. The second-order valence-electron chi connectivity index (χ2n) is 6.25. The van der Waals surface area contributed by atoms with Crippen molar-refractivity contribution in [3.05, 3.63) is 65.7 Å². The van der Waals surface area contributed by atoms with Crippen molar-refractivity contribution >= 4 is 41.5 Å². The molecule has 0 amide bonds.